The fourth-order valence-corrected chi connectivity index (χ4v) is 0.585. The van der Waals surface area contributed by atoms with Gasteiger partial charge < -0.3 is 0 Å². The van der Waals surface area contributed by atoms with Gasteiger partial charge in [0.15, 0.2) is 0 Å². The van der Waals surface area contributed by atoms with E-state index in [0.29, 0.717) is 0 Å². The number of rotatable bonds is 3. The first-order valence-corrected chi connectivity index (χ1v) is 4.33. The molecule has 0 unspecified atom stereocenters. The summed E-state index contributed by atoms with van der Waals surface area (Å²) in [4.78, 5) is 0. The Morgan fingerprint density at radius 3 is 2.44 bits per heavy atom. The van der Waals surface area contributed by atoms with Crippen LogP contribution in [0.25, 0.3) is 0 Å². The second-order valence-electron chi connectivity index (χ2n) is 1.56. The van der Waals surface area contributed by atoms with Crippen molar-refractivity contribution < 1.29 is 12.6 Å². The second kappa shape index (κ2) is 3.63. The van der Waals surface area contributed by atoms with Crippen molar-refractivity contribution in [2.75, 3.05) is 12.9 Å². The zero-order chi connectivity index (χ0) is 7.33. The van der Waals surface area contributed by atoms with E-state index < -0.39 is 10.1 Å². The van der Waals surface area contributed by atoms with Crippen LogP contribution in [0.5, 0.6) is 0 Å². The van der Waals surface area contributed by atoms with Crippen LogP contribution in [0.4, 0.5) is 0 Å². The quantitative estimate of drug-likeness (QED) is 0.435. The molecule has 0 aromatic heterocycles. The normalized spacial score (nSPS) is 12.7. The molecule has 0 aliphatic rings. The van der Waals surface area contributed by atoms with Crippen molar-refractivity contribution in [3.8, 4) is 0 Å². The zero-order valence-electron chi connectivity index (χ0n) is 5.49. The van der Waals surface area contributed by atoms with Gasteiger partial charge in [0.1, 0.15) is 0 Å². The van der Waals surface area contributed by atoms with Crippen molar-refractivity contribution in [3.63, 3.8) is 0 Å². The average Bonchev–Trinajstić information content (AvgIpc) is 1.63. The largest absolute Gasteiger partial charge is 0.266 e. The first-order chi connectivity index (χ1) is 4.06. The van der Waals surface area contributed by atoms with Crippen LogP contribution >= 0.6 is 0 Å². The van der Waals surface area contributed by atoms with Crippen LogP contribution in [0.2, 0.25) is 0 Å². The first-order valence-electron chi connectivity index (χ1n) is 2.52. The van der Waals surface area contributed by atoms with Crippen molar-refractivity contribution in [1.82, 2.24) is 0 Å². The van der Waals surface area contributed by atoms with Gasteiger partial charge in [-0.25, -0.2) is 0 Å². The van der Waals surface area contributed by atoms with Gasteiger partial charge in [0, 0.05) is 0 Å². The summed E-state index contributed by atoms with van der Waals surface area (Å²) in [6.45, 7) is 1.93. The molecule has 9 heavy (non-hydrogen) atoms. The van der Waals surface area contributed by atoms with Gasteiger partial charge in [-0.3, -0.25) is 4.18 Å². The van der Waals surface area contributed by atoms with E-state index in [1.807, 2.05) is 0 Å². The van der Waals surface area contributed by atoms with Gasteiger partial charge in [-0.2, -0.15) is 8.42 Å². The molecule has 0 radical (unpaired) electrons. The molecule has 0 heterocycles. The van der Waals surface area contributed by atoms with Crippen molar-refractivity contribution in [2.45, 2.75) is 6.92 Å². The minimum Gasteiger partial charge on any atom is -0.266 e. The Hall–Kier alpha value is -0.350. The minimum absolute atomic E-state index is 0.134. The van der Waals surface area contributed by atoms with Crippen LogP contribution in [0.3, 0.4) is 0 Å². The Balaban J connectivity index is 3.53. The third-order valence-electron chi connectivity index (χ3n) is 0.614. The summed E-state index contributed by atoms with van der Waals surface area (Å²) in [6, 6.07) is 0. The maximum Gasteiger partial charge on any atom is 0.264 e. The fraction of sp³-hybridized carbons (Fsp3) is 0.600. The van der Waals surface area contributed by atoms with Gasteiger partial charge >= 0.3 is 0 Å². The summed E-state index contributed by atoms with van der Waals surface area (Å²) in [5.41, 5.74) is 0. The van der Waals surface area contributed by atoms with Gasteiger partial charge in [-0.05, 0) is 6.92 Å². The van der Waals surface area contributed by atoms with Gasteiger partial charge in [-0.15, -0.1) is 0 Å². The monoisotopic (exact) mass is 150 g/mol. The SMILES string of the molecule is CC=CCOS(C)(=O)=O. The molecule has 0 saturated carbocycles. The summed E-state index contributed by atoms with van der Waals surface area (Å²) in [5.74, 6) is 0. The molecule has 3 nitrogen and oxygen atoms in total. The number of hydrogen-bond acceptors (Lipinski definition) is 3. The molecule has 0 aromatic rings. The summed E-state index contributed by atoms with van der Waals surface area (Å²) >= 11 is 0. The van der Waals surface area contributed by atoms with Crippen LogP contribution in [-0.2, 0) is 14.3 Å². The highest BCUT2D eigenvalue weighted by Crippen LogP contribution is 1.85. The highest BCUT2D eigenvalue weighted by molar-refractivity contribution is 7.85. The molecule has 0 rings (SSSR count). The van der Waals surface area contributed by atoms with E-state index in [0.717, 1.165) is 6.26 Å². The van der Waals surface area contributed by atoms with Gasteiger partial charge in [0.25, 0.3) is 10.1 Å². The molecule has 0 bridgehead atoms. The molecule has 0 aromatic carbocycles. The van der Waals surface area contributed by atoms with Crippen molar-refractivity contribution in [3.05, 3.63) is 12.2 Å². The van der Waals surface area contributed by atoms with Crippen molar-refractivity contribution in [1.29, 1.82) is 0 Å². The first kappa shape index (κ1) is 8.65. The standard InChI is InChI=1S/C5H10O3S/c1-3-4-5-8-9(2,6)7/h3-4H,5H2,1-2H3. The molecule has 0 fully saturated rings. The summed E-state index contributed by atoms with van der Waals surface area (Å²) in [7, 11) is -3.25. The van der Waals surface area contributed by atoms with E-state index >= 15 is 0 Å². The van der Waals surface area contributed by atoms with E-state index in [1.54, 1.807) is 19.1 Å². The highest BCUT2D eigenvalue weighted by atomic mass is 32.2. The van der Waals surface area contributed by atoms with Crippen LogP contribution in [0.1, 0.15) is 6.92 Å². The predicted octanol–water partition coefficient (Wildman–Crippen LogP) is 0.539. The molecule has 0 saturated heterocycles. The number of hydrogen-bond donors (Lipinski definition) is 0. The molecule has 0 aliphatic heterocycles. The van der Waals surface area contributed by atoms with Crippen LogP contribution in [0, 0.1) is 0 Å². The molecule has 0 N–H and O–H groups in total. The maximum absolute atomic E-state index is 10.2. The van der Waals surface area contributed by atoms with Crippen molar-refractivity contribution in [2.24, 2.45) is 0 Å². The zero-order valence-corrected chi connectivity index (χ0v) is 6.31. The molecule has 54 valence electrons. The van der Waals surface area contributed by atoms with E-state index in [4.69, 9.17) is 0 Å². The topological polar surface area (TPSA) is 43.4 Å². The second-order valence-corrected chi connectivity index (χ2v) is 3.20. The lowest BCUT2D eigenvalue weighted by Crippen LogP contribution is -2.01. The molecule has 4 heteroatoms. The number of allylic oxidation sites excluding steroid dienone is 1. The highest BCUT2D eigenvalue weighted by Gasteiger charge is 1.96. The maximum atomic E-state index is 10.2. The average molecular weight is 150 g/mol. The van der Waals surface area contributed by atoms with Crippen molar-refractivity contribution >= 4 is 10.1 Å². The summed E-state index contributed by atoms with van der Waals surface area (Å²) in [6.07, 6.45) is 4.38. The Kier molecular flexibility index (Phi) is 3.49. The lowest BCUT2D eigenvalue weighted by atomic mass is 10.6. The Morgan fingerprint density at radius 1 is 1.56 bits per heavy atom. The summed E-state index contributed by atoms with van der Waals surface area (Å²) < 4.78 is 24.9. The Bertz CT molecular complexity index is 178. The van der Waals surface area contributed by atoms with Crippen LogP contribution in [0.15, 0.2) is 12.2 Å². The van der Waals surface area contributed by atoms with Crippen LogP contribution < -0.4 is 0 Å². The molecule has 0 spiro atoms. The van der Waals surface area contributed by atoms with E-state index in [9.17, 15) is 8.42 Å². The molecule has 0 aliphatic carbocycles. The Morgan fingerprint density at radius 2 is 2.11 bits per heavy atom. The molecule has 0 atom stereocenters. The third-order valence-corrected chi connectivity index (χ3v) is 1.18. The third kappa shape index (κ3) is 7.65. The fourth-order valence-electron chi connectivity index (χ4n) is 0.259. The molecular formula is C5H10O3S. The van der Waals surface area contributed by atoms with E-state index in [2.05, 4.69) is 4.18 Å². The van der Waals surface area contributed by atoms with Gasteiger partial charge in [-0.1, -0.05) is 12.2 Å². The van der Waals surface area contributed by atoms with Gasteiger partial charge in [0.05, 0.1) is 12.9 Å². The van der Waals surface area contributed by atoms with Crippen LogP contribution in [-0.4, -0.2) is 21.3 Å². The summed E-state index contributed by atoms with van der Waals surface area (Å²) in [5, 5.41) is 0. The smallest absolute Gasteiger partial charge is 0.264 e. The molecule has 0 amide bonds. The lowest BCUT2D eigenvalue weighted by molar-refractivity contribution is 0.361. The predicted molar refractivity (Wildman–Crippen MR) is 35.6 cm³/mol. The minimum atomic E-state index is -3.25. The van der Waals surface area contributed by atoms with E-state index in [1.165, 1.54) is 0 Å². The lowest BCUT2D eigenvalue weighted by Gasteiger charge is -1.92. The Labute approximate surface area is 55.5 Å². The molecular weight excluding hydrogens is 140 g/mol. The van der Waals surface area contributed by atoms with Gasteiger partial charge in [0.2, 0.25) is 0 Å². The van der Waals surface area contributed by atoms with E-state index in [-0.39, 0.29) is 6.61 Å².